The fourth-order valence-electron chi connectivity index (χ4n) is 1.63. The molecule has 1 aliphatic rings. The summed E-state index contributed by atoms with van der Waals surface area (Å²) in [5.41, 5.74) is 5.66. The first-order valence-electron chi connectivity index (χ1n) is 5.32. The highest BCUT2D eigenvalue weighted by molar-refractivity contribution is 5.77. The third kappa shape index (κ3) is 4.29. The van der Waals surface area contributed by atoms with Crippen LogP contribution < -0.4 is 16.4 Å². The van der Waals surface area contributed by atoms with E-state index in [2.05, 4.69) is 10.6 Å². The number of hydrogen-bond acceptors (Lipinski definition) is 3. The normalized spacial score (nSPS) is 17.7. The monoisotopic (exact) mass is 213 g/mol. The Bertz CT molecular complexity index is 249. The first-order valence-corrected chi connectivity index (χ1v) is 5.32. The number of carbonyl (C=O) groups is 2. The zero-order valence-corrected chi connectivity index (χ0v) is 9.14. The van der Waals surface area contributed by atoms with Gasteiger partial charge in [-0.05, 0) is 19.3 Å². The lowest BCUT2D eigenvalue weighted by atomic mass is 9.75. The zero-order valence-electron chi connectivity index (χ0n) is 9.14. The summed E-state index contributed by atoms with van der Waals surface area (Å²) in [4.78, 5) is 21.9. The lowest BCUT2D eigenvalue weighted by Gasteiger charge is -2.37. The van der Waals surface area contributed by atoms with Gasteiger partial charge in [-0.1, -0.05) is 0 Å². The second-order valence-electron chi connectivity index (χ2n) is 4.23. The van der Waals surface area contributed by atoms with E-state index in [1.54, 1.807) is 0 Å². The number of rotatable bonds is 5. The average Bonchev–Trinajstić information content (AvgIpc) is 2.09. The van der Waals surface area contributed by atoms with Gasteiger partial charge in [0.15, 0.2) is 0 Å². The topological polar surface area (TPSA) is 84.2 Å². The minimum atomic E-state index is -0.266. The van der Waals surface area contributed by atoms with E-state index in [4.69, 9.17) is 5.73 Å². The van der Waals surface area contributed by atoms with Crippen LogP contribution >= 0.6 is 0 Å². The lowest BCUT2D eigenvalue weighted by molar-refractivity contribution is -0.123. The Hall–Kier alpha value is -1.10. The summed E-state index contributed by atoms with van der Waals surface area (Å²) < 4.78 is 0. The molecular formula is C10H19N3O2. The molecule has 0 unspecified atom stereocenters. The number of carbonyl (C=O) groups excluding carboxylic acids is 2. The van der Waals surface area contributed by atoms with Crippen LogP contribution in [-0.2, 0) is 9.59 Å². The van der Waals surface area contributed by atoms with E-state index >= 15 is 0 Å². The molecule has 0 aromatic rings. The molecule has 0 spiro atoms. The predicted molar refractivity (Wildman–Crippen MR) is 57.1 cm³/mol. The highest BCUT2D eigenvalue weighted by Gasteiger charge is 2.34. The van der Waals surface area contributed by atoms with Gasteiger partial charge in [0.05, 0.1) is 0 Å². The highest BCUT2D eigenvalue weighted by atomic mass is 16.2. The molecular weight excluding hydrogens is 194 g/mol. The van der Waals surface area contributed by atoms with Crippen molar-refractivity contribution in [1.82, 2.24) is 10.6 Å². The minimum absolute atomic E-state index is 0.0254. The second kappa shape index (κ2) is 5.11. The summed E-state index contributed by atoms with van der Waals surface area (Å²) in [5, 5.41) is 5.34. The van der Waals surface area contributed by atoms with Gasteiger partial charge in [0, 0.05) is 32.0 Å². The Labute approximate surface area is 89.8 Å². The fourth-order valence-corrected chi connectivity index (χ4v) is 1.63. The van der Waals surface area contributed by atoms with Gasteiger partial charge in [-0.3, -0.25) is 9.59 Å². The molecule has 5 nitrogen and oxygen atoms in total. The third-order valence-electron chi connectivity index (χ3n) is 2.68. The van der Waals surface area contributed by atoms with E-state index in [0.29, 0.717) is 19.5 Å². The van der Waals surface area contributed by atoms with Crippen molar-refractivity contribution in [3.05, 3.63) is 0 Å². The van der Waals surface area contributed by atoms with Crippen LogP contribution in [0, 0.1) is 0 Å². The van der Waals surface area contributed by atoms with Crippen LogP contribution in [0.25, 0.3) is 0 Å². The van der Waals surface area contributed by atoms with Crippen LogP contribution in [0.15, 0.2) is 0 Å². The Kier molecular flexibility index (Phi) is 4.08. The van der Waals surface area contributed by atoms with Crippen molar-refractivity contribution in [1.29, 1.82) is 0 Å². The SMILES string of the molecule is CC(=O)NCCNC(=O)CC1(N)CCC1. The van der Waals surface area contributed by atoms with Crippen molar-refractivity contribution in [2.24, 2.45) is 5.73 Å². The van der Waals surface area contributed by atoms with Crippen LogP contribution in [0.5, 0.6) is 0 Å². The first-order chi connectivity index (χ1) is 7.02. The van der Waals surface area contributed by atoms with Crippen LogP contribution in [0.1, 0.15) is 32.6 Å². The van der Waals surface area contributed by atoms with Gasteiger partial charge in [0.25, 0.3) is 0 Å². The summed E-state index contributed by atoms with van der Waals surface area (Å²) in [6, 6.07) is 0. The van der Waals surface area contributed by atoms with Crippen molar-refractivity contribution in [3.63, 3.8) is 0 Å². The maximum atomic E-state index is 11.4. The molecule has 0 aromatic heterocycles. The third-order valence-corrected chi connectivity index (χ3v) is 2.68. The Balaban J connectivity index is 2.06. The van der Waals surface area contributed by atoms with Crippen LogP contribution in [0.2, 0.25) is 0 Å². The maximum Gasteiger partial charge on any atom is 0.221 e. The molecule has 86 valence electrons. The first kappa shape index (κ1) is 12.0. The summed E-state index contributed by atoms with van der Waals surface area (Å²) in [5.74, 6) is -0.110. The van der Waals surface area contributed by atoms with E-state index in [0.717, 1.165) is 19.3 Å². The van der Waals surface area contributed by atoms with E-state index in [-0.39, 0.29) is 17.4 Å². The second-order valence-corrected chi connectivity index (χ2v) is 4.23. The van der Waals surface area contributed by atoms with Crippen LogP contribution in [0.3, 0.4) is 0 Å². The van der Waals surface area contributed by atoms with E-state index < -0.39 is 0 Å². The van der Waals surface area contributed by atoms with Gasteiger partial charge in [-0.25, -0.2) is 0 Å². The molecule has 0 atom stereocenters. The van der Waals surface area contributed by atoms with Gasteiger partial charge in [-0.2, -0.15) is 0 Å². The quantitative estimate of drug-likeness (QED) is 0.539. The molecule has 0 aromatic carbocycles. The molecule has 2 amide bonds. The Morgan fingerprint density at radius 2 is 1.87 bits per heavy atom. The van der Waals surface area contributed by atoms with Crippen molar-refractivity contribution in [2.75, 3.05) is 13.1 Å². The number of amides is 2. The number of nitrogens with one attached hydrogen (secondary N) is 2. The predicted octanol–water partition coefficient (Wildman–Crippen LogP) is -0.490. The van der Waals surface area contributed by atoms with Gasteiger partial charge in [0.1, 0.15) is 0 Å². The highest BCUT2D eigenvalue weighted by Crippen LogP contribution is 2.31. The van der Waals surface area contributed by atoms with E-state index in [1.165, 1.54) is 6.92 Å². The van der Waals surface area contributed by atoms with Crippen molar-refractivity contribution in [3.8, 4) is 0 Å². The average molecular weight is 213 g/mol. The molecule has 1 aliphatic carbocycles. The summed E-state index contributed by atoms with van der Waals surface area (Å²) in [6.45, 7) is 2.39. The largest absolute Gasteiger partial charge is 0.355 e. The molecule has 0 radical (unpaired) electrons. The molecule has 5 heteroatoms. The summed E-state index contributed by atoms with van der Waals surface area (Å²) in [6.07, 6.45) is 3.39. The van der Waals surface area contributed by atoms with Gasteiger partial charge < -0.3 is 16.4 Å². The molecule has 15 heavy (non-hydrogen) atoms. The smallest absolute Gasteiger partial charge is 0.221 e. The summed E-state index contributed by atoms with van der Waals surface area (Å²) in [7, 11) is 0. The van der Waals surface area contributed by atoms with E-state index in [9.17, 15) is 9.59 Å². The zero-order chi connectivity index (χ0) is 11.3. The molecule has 0 saturated heterocycles. The van der Waals surface area contributed by atoms with Gasteiger partial charge >= 0.3 is 0 Å². The van der Waals surface area contributed by atoms with Crippen molar-refractivity contribution in [2.45, 2.75) is 38.1 Å². The Morgan fingerprint density at radius 3 is 2.33 bits per heavy atom. The number of nitrogens with two attached hydrogens (primary N) is 1. The number of hydrogen-bond donors (Lipinski definition) is 3. The molecule has 1 fully saturated rings. The molecule has 0 heterocycles. The molecule has 4 N–H and O–H groups in total. The summed E-state index contributed by atoms with van der Waals surface area (Å²) >= 11 is 0. The molecule has 1 rings (SSSR count). The lowest BCUT2D eigenvalue weighted by Crippen LogP contribution is -2.50. The fraction of sp³-hybridized carbons (Fsp3) is 0.800. The Morgan fingerprint density at radius 1 is 1.27 bits per heavy atom. The van der Waals surface area contributed by atoms with Crippen LogP contribution in [-0.4, -0.2) is 30.4 Å². The molecule has 1 saturated carbocycles. The van der Waals surface area contributed by atoms with Gasteiger partial charge in [0.2, 0.25) is 11.8 Å². The standard InChI is InChI=1S/C10H19N3O2/c1-8(14)12-5-6-13-9(15)7-10(11)3-2-4-10/h2-7,11H2,1H3,(H,12,14)(H,13,15). The molecule has 0 bridgehead atoms. The van der Waals surface area contributed by atoms with Gasteiger partial charge in [-0.15, -0.1) is 0 Å². The van der Waals surface area contributed by atoms with Crippen molar-refractivity contribution >= 4 is 11.8 Å². The van der Waals surface area contributed by atoms with E-state index in [1.807, 2.05) is 0 Å². The van der Waals surface area contributed by atoms with Crippen molar-refractivity contribution < 1.29 is 9.59 Å². The van der Waals surface area contributed by atoms with Crippen LogP contribution in [0.4, 0.5) is 0 Å². The maximum absolute atomic E-state index is 11.4. The minimum Gasteiger partial charge on any atom is -0.355 e. The molecule has 0 aliphatic heterocycles.